The summed E-state index contributed by atoms with van der Waals surface area (Å²) in [6, 6.07) is 3.34. The highest BCUT2D eigenvalue weighted by Gasteiger charge is 2.13. The van der Waals surface area contributed by atoms with Gasteiger partial charge in [0.25, 0.3) is 0 Å². The number of pyridine rings is 1. The standard InChI is InChI=1S/C8H10N2O3/c1-6-2-3-7(4-9-6)8(11)5-10(12)13/h2-4,8,11H,5H2,1H3. The van der Waals surface area contributed by atoms with E-state index in [0.29, 0.717) is 5.56 Å². The zero-order chi connectivity index (χ0) is 9.84. The number of hydrogen-bond donors (Lipinski definition) is 1. The van der Waals surface area contributed by atoms with Crippen molar-refractivity contribution in [3.63, 3.8) is 0 Å². The molecule has 0 fully saturated rings. The van der Waals surface area contributed by atoms with Crippen LogP contribution in [0.4, 0.5) is 0 Å². The van der Waals surface area contributed by atoms with Gasteiger partial charge in [0.05, 0.1) is 0 Å². The van der Waals surface area contributed by atoms with Crippen molar-refractivity contribution in [1.82, 2.24) is 4.98 Å². The van der Waals surface area contributed by atoms with Gasteiger partial charge in [0, 0.05) is 22.4 Å². The molecule has 13 heavy (non-hydrogen) atoms. The van der Waals surface area contributed by atoms with E-state index < -0.39 is 17.6 Å². The predicted octanol–water partition coefficient (Wildman–Crippen LogP) is 0.700. The normalized spacial score (nSPS) is 12.5. The van der Waals surface area contributed by atoms with Crippen LogP contribution in [0.2, 0.25) is 0 Å². The van der Waals surface area contributed by atoms with E-state index >= 15 is 0 Å². The maximum Gasteiger partial charge on any atom is 0.233 e. The first kappa shape index (κ1) is 9.60. The van der Waals surface area contributed by atoms with Crippen LogP contribution in [0.15, 0.2) is 18.3 Å². The van der Waals surface area contributed by atoms with E-state index in [4.69, 9.17) is 0 Å². The van der Waals surface area contributed by atoms with Crippen molar-refractivity contribution in [1.29, 1.82) is 0 Å². The van der Waals surface area contributed by atoms with Gasteiger partial charge in [0.2, 0.25) is 6.54 Å². The van der Waals surface area contributed by atoms with Crippen molar-refractivity contribution < 1.29 is 10.0 Å². The fraction of sp³-hybridized carbons (Fsp3) is 0.375. The molecule has 0 bridgehead atoms. The van der Waals surface area contributed by atoms with Crippen LogP contribution in [0.1, 0.15) is 17.4 Å². The quantitative estimate of drug-likeness (QED) is 0.551. The zero-order valence-corrected chi connectivity index (χ0v) is 7.17. The topological polar surface area (TPSA) is 76.3 Å². The molecule has 1 aromatic heterocycles. The van der Waals surface area contributed by atoms with E-state index in [1.54, 1.807) is 12.1 Å². The minimum atomic E-state index is -1.07. The van der Waals surface area contributed by atoms with Crippen LogP contribution in [0.5, 0.6) is 0 Å². The van der Waals surface area contributed by atoms with Crippen molar-refractivity contribution in [2.24, 2.45) is 0 Å². The van der Waals surface area contributed by atoms with E-state index in [-0.39, 0.29) is 0 Å². The van der Waals surface area contributed by atoms with E-state index in [1.807, 2.05) is 6.92 Å². The first-order chi connectivity index (χ1) is 6.09. The first-order valence-corrected chi connectivity index (χ1v) is 3.82. The minimum Gasteiger partial charge on any atom is -0.381 e. The van der Waals surface area contributed by atoms with Gasteiger partial charge in [0.15, 0.2) is 0 Å². The molecule has 0 aliphatic rings. The van der Waals surface area contributed by atoms with Gasteiger partial charge < -0.3 is 5.11 Å². The highest BCUT2D eigenvalue weighted by atomic mass is 16.6. The maximum absolute atomic E-state index is 10.1. The summed E-state index contributed by atoms with van der Waals surface area (Å²) in [5, 5.41) is 19.4. The number of nitrogens with zero attached hydrogens (tertiary/aromatic N) is 2. The lowest BCUT2D eigenvalue weighted by Gasteiger charge is -2.05. The van der Waals surface area contributed by atoms with Gasteiger partial charge in [-0.15, -0.1) is 0 Å². The number of aliphatic hydroxyl groups is 1. The summed E-state index contributed by atoms with van der Waals surface area (Å²) in [6.45, 7) is 1.33. The summed E-state index contributed by atoms with van der Waals surface area (Å²) in [5.74, 6) is 0. The van der Waals surface area contributed by atoms with Gasteiger partial charge in [-0.2, -0.15) is 0 Å². The molecule has 0 saturated carbocycles. The SMILES string of the molecule is Cc1ccc(C(O)C[N+](=O)[O-])cn1. The van der Waals surface area contributed by atoms with Crippen LogP contribution >= 0.6 is 0 Å². The van der Waals surface area contributed by atoms with Crippen molar-refractivity contribution in [2.45, 2.75) is 13.0 Å². The number of aliphatic hydroxyl groups excluding tert-OH is 1. The van der Waals surface area contributed by atoms with Crippen molar-refractivity contribution in [3.05, 3.63) is 39.7 Å². The Morgan fingerprint density at radius 2 is 2.38 bits per heavy atom. The zero-order valence-electron chi connectivity index (χ0n) is 7.17. The summed E-state index contributed by atoms with van der Waals surface area (Å²) >= 11 is 0. The molecule has 1 aromatic rings. The lowest BCUT2D eigenvalue weighted by Crippen LogP contribution is -2.11. The fourth-order valence-corrected chi connectivity index (χ4v) is 0.923. The molecule has 1 heterocycles. The molecule has 0 aliphatic carbocycles. The Labute approximate surface area is 75.2 Å². The molecule has 1 rings (SSSR count). The maximum atomic E-state index is 10.1. The molecule has 0 amide bonds. The van der Waals surface area contributed by atoms with Crippen LogP contribution in [0.3, 0.4) is 0 Å². The molecule has 0 saturated heterocycles. The molecule has 1 unspecified atom stereocenters. The van der Waals surface area contributed by atoms with Crippen LogP contribution in [-0.4, -0.2) is 21.6 Å². The minimum absolute atomic E-state index is 0.474. The average molecular weight is 182 g/mol. The largest absolute Gasteiger partial charge is 0.381 e. The summed E-state index contributed by atoms with van der Waals surface area (Å²) in [5.41, 5.74) is 1.29. The lowest BCUT2D eigenvalue weighted by atomic mass is 10.1. The first-order valence-electron chi connectivity index (χ1n) is 3.82. The monoisotopic (exact) mass is 182 g/mol. The van der Waals surface area contributed by atoms with Gasteiger partial charge in [-0.3, -0.25) is 15.1 Å². The van der Waals surface area contributed by atoms with Gasteiger partial charge in [-0.25, -0.2) is 0 Å². The fourth-order valence-electron chi connectivity index (χ4n) is 0.923. The summed E-state index contributed by atoms with van der Waals surface area (Å²) in [6.07, 6.45) is 0.381. The average Bonchev–Trinajstić information content (AvgIpc) is 2.04. The summed E-state index contributed by atoms with van der Waals surface area (Å²) < 4.78 is 0. The highest BCUT2D eigenvalue weighted by Crippen LogP contribution is 2.11. The van der Waals surface area contributed by atoms with Crippen LogP contribution in [0.25, 0.3) is 0 Å². The van der Waals surface area contributed by atoms with Crippen LogP contribution < -0.4 is 0 Å². The molecule has 1 atom stereocenters. The van der Waals surface area contributed by atoms with E-state index in [1.165, 1.54) is 6.20 Å². The molecule has 5 nitrogen and oxygen atoms in total. The second kappa shape index (κ2) is 3.95. The van der Waals surface area contributed by atoms with Crippen molar-refractivity contribution >= 4 is 0 Å². The molecular formula is C8H10N2O3. The second-order valence-electron chi connectivity index (χ2n) is 2.76. The third-order valence-corrected chi connectivity index (χ3v) is 1.64. The van der Waals surface area contributed by atoms with Crippen LogP contribution in [-0.2, 0) is 0 Å². The number of hydrogen-bond acceptors (Lipinski definition) is 4. The molecule has 0 aromatic carbocycles. The Morgan fingerprint density at radius 1 is 1.69 bits per heavy atom. The number of nitro groups is 1. The third kappa shape index (κ3) is 2.79. The molecular weight excluding hydrogens is 172 g/mol. The molecule has 0 spiro atoms. The van der Waals surface area contributed by atoms with Crippen molar-refractivity contribution in [3.8, 4) is 0 Å². The number of rotatable bonds is 3. The molecule has 70 valence electrons. The smallest absolute Gasteiger partial charge is 0.233 e. The van der Waals surface area contributed by atoms with Gasteiger partial charge >= 0.3 is 0 Å². The Hall–Kier alpha value is -1.49. The Morgan fingerprint density at radius 3 is 2.85 bits per heavy atom. The van der Waals surface area contributed by atoms with Crippen LogP contribution in [0, 0.1) is 17.0 Å². The number of aromatic nitrogens is 1. The lowest BCUT2D eigenvalue weighted by molar-refractivity contribution is -0.491. The summed E-state index contributed by atoms with van der Waals surface area (Å²) in [7, 11) is 0. The van der Waals surface area contributed by atoms with Gasteiger partial charge in [-0.05, 0) is 13.0 Å². The molecule has 1 N–H and O–H groups in total. The third-order valence-electron chi connectivity index (χ3n) is 1.64. The summed E-state index contributed by atoms with van der Waals surface area (Å²) in [4.78, 5) is 13.4. The van der Waals surface area contributed by atoms with Crippen molar-refractivity contribution in [2.75, 3.05) is 6.54 Å². The van der Waals surface area contributed by atoms with Gasteiger partial charge in [-0.1, -0.05) is 6.07 Å². The number of aryl methyl sites for hydroxylation is 1. The Balaban J connectivity index is 2.71. The second-order valence-corrected chi connectivity index (χ2v) is 2.76. The molecule has 0 radical (unpaired) electrons. The highest BCUT2D eigenvalue weighted by molar-refractivity contribution is 5.15. The predicted molar refractivity (Wildman–Crippen MR) is 45.8 cm³/mol. The molecule has 5 heteroatoms. The van der Waals surface area contributed by atoms with Gasteiger partial charge in [0.1, 0.15) is 6.10 Å². The molecule has 0 aliphatic heterocycles. The van der Waals surface area contributed by atoms with E-state index in [2.05, 4.69) is 4.98 Å². The Kier molecular flexibility index (Phi) is 2.92. The Bertz CT molecular complexity index is 297. The van der Waals surface area contributed by atoms with E-state index in [0.717, 1.165) is 5.69 Å². The van der Waals surface area contributed by atoms with E-state index in [9.17, 15) is 15.2 Å².